The van der Waals surface area contributed by atoms with Gasteiger partial charge in [-0.25, -0.2) is 0 Å². The number of unbranched alkanes of at least 4 members (excludes halogenated alkanes) is 3. The van der Waals surface area contributed by atoms with Gasteiger partial charge in [-0.3, -0.25) is 0 Å². The summed E-state index contributed by atoms with van der Waals surface area (Å²) in [6.45, 7) is 6.67. The molecule has 1 heterocycles. The quantitative estimate of drug-likeness (QED) is 0.389. The van der Waals surface area contributed by atoms with Crippen molar-refractivity contribution in [2.75, 3.05) is 0 Å². The van der Waals surface area contributed by atoms with E-state index in [1.165, 1.54) is 69.4 Å². The van der Waals surface area contributed by atoms with Crippen LogP contribution in [0.25, 0.3) is 0 Å². The summed E-state index contributed by atoms with van der Waals surface area (Å²) in [5.74, 6) is 0. The molecule has 0 atom stereocenters. The number of hydrogen-bond donors (Lipinski definition) is 0. The molecule has 0 bridgehead atoms. The van der Waals surface area contributed by atoms with Gasteiger partial charge >= 0.3 is 137 Å². The van der Waals surface area contributed by atoms with Crippen molar-refractivity contribution >= 4 is 32.7 Å². The van der Waals surface area contributed by atoms with Crippen molar-refractivity contribution in [3.63, 3.8) is 0 Å². The van der Waals surface area contributed by atoms with E-state index in [1.54, 1.807) is 0 Å². The molecule has 5 heteroatoms. The number of rotatable bonds is 11. The normalized spacial score (nSPS) is 12.3. The average Bonchev–Trinajstić information content (AvgIpc) is 2.97. The van der Waals surface area contributed by atoms with E-state index < -0.39 is 24.8 Å². The van der Waals surface area contributed by atoms with Gasteiger partial charge in [0, 0.05) is 0 Å². The molecule has 0 radical (unpaired) electrons. The van der Waals surface area contributed by atoms with E-state index in [9.17, 15) is 8.78 Å². The molecular formula is C16H29F2NSSn. The monoisotopic (exact) mass is 425 g/mol. The molecule has 1 nitrogen and oxygen atoms in total. The Morgan fingerprint density at radius 3 is 1.81 bits per heavy atom. The predicted octanol–water partition coefficient (Wildman–Crippen LogP) is 6.14. The average molecular weight is 424 g/mol. The van der Waals surface area contributed by atoms with Gasteiger partial charge in [0.05, 0.1) is 0 Å². The van der Waals surface area contributed by atoms with Crippen LogP contribution in [0.1, 0.15) is 70.6 Å². The van der Waals surface area contributed by atoms with Crippen LogP contribution >= 0.6 is 11.3 Å². The zero-order valence-electron chi connectivity index (χ0n) is 13.6. The van der Waals surface area contributed by atoms with Crippen molar-refractivity contribution in [2.24, 2.45) is 0 Å². The first-order chi connectivity index (χ1) is 10.1. The Labute approximate surface area is 136 Å². The third-order valence-corrected chi connectivity index (χ3v) is 23.0. The first-order valence-electron chi connectivity index (χ1n) is 8.34. The maximum absolute atomic E-state index is 12.9. The second-order valence-corrected chi connectivity index (χ2v) is 21.0. The van der Waals surface area contributed by atoms with E-state index in [-0.39, 0.29) is 4.88 Å². The Balaban J connectivity index is 3.03. The number of aromatic nitrogens is 1. The Morgan fingerprint density at radius 2 is 1.48 bits per heavy atom. The van der Waals surface area contributed by atoms with Gasteiger partial charge in [-0.05, 0) is 0 Å². The molecule has 0 amide bonds. The minimum atomic E-state index is -2.56. The zero-order valence-corrected chi connectivity index (χ0v) is 17.3. The summed E-state index contributed by atoms with van der Waals surface area (Å²) in [7, 11) is 0. The van der Waals surface area contributed by atoms with Gasteiger partial charge in [0.2, 0.25) is 0 Å². The van der Waals surface area contributed by atoms with Gasteiger partial charge < -0.3 is 0 Å². The molecule has 1 aromatic heterocycles. The fraction of sp³-hybridized carbons (Fsp3) is 0.812. The summed E-state index contributed by atoms with van der Waals surface area (Å²) in [6, 6.07) is 0. The molecule has 0 aromatic carbocycles. The molecule has 1 aromatic rings. The van der Waals surface area contributed by atoms with Crippen molar-refractivity contribution in [3.8, 4) is 0 Å². The predicted molar refractivity (Wildman–Crippen MR) is 91.6 cm³/mol. The number of halogens is 2. The summed E-state index contributed by atoms with van der Waals surface area (Å²) in [6.07, 6.45) is 6.41. The molecule has 0 spiro atoms. The van der Waals surface area contributed by atoms with Gasteiger partial charge in [-0.2, -0.15) is 0 Å². The van der Waals surface area contributed by atoms with Gasteiger partial charge in [0.15, 0.2) is 0 Å². The Kier molecular flexibility index (Phi) is 9.33. The summed E-state index contributed by atoms with van der Waals surface area (Å²) < 4.78 is 30.9. The molecule has 0 saturated heterocycles. The molecule has 0 unspecified atom stereocenters. The van der Waals surface area contributed by atoms with E-state index >= 15 is 0 Å². The summed E-state index contributed by atoms with van der Waals surface area (Å²) in [4.78, 5) is 4.68. The van der Waals surface area contributed by atoms with Crippen LogP contribution in [-0.4, -0.2) is 23.4 Å². The van der Waals surface area contributed by atoms with E-state index in [4.69, 9.17) is 0 Å². The summed E-state index contributed by atoms with van der Waals surface area (Å²) in [5, 5.41) is 0. The molecule has 1 rings (SSSR count). The van der Waals surface area contributed by atoms with Crippen LogP contribution in [0, 0.1) is 0 Å². The Morgan fingerprint density at radius 1 is 1.00 bits per heavy atom. The van der Waals surface area contributed by atoms with Crippen molar-refractivity contribution < 1.29 is 8.78 Å². The van der Waals surface area contributed by atoms with Crippen LogP contribution in [0.2, 0.25) is 13.3 Å². The summed E-state index contributed by atoms with van der Waals surface area (Å²) >= 11 is -1.23. The van der Waals surface area contributed by atoms with Crippen LogP contribution in [0.15, 0.2) is 6.20 Å². The molecule has 0 aliphatic heterocycles. The molecule has 0 N–H and O–H groups in total. The van der Waals surface area contributed by atoms with Crippen LogP contribution in [-0.2, 0) is 0 Å². The third-order valence-electron chi connectivity index (χ3n) is 4.22. The fourth-order valence-corrected chi connectivity index (χ4v) is 22.3. The number of hydrogen-bond acceptors (Lipinski definition) is 2. The first kappa shape index (κ1) is 19.3. The molecule has 0 saturated carbocycles. The van der Waals surface area contributed by atoms with Crippen LogP contribution in [0.5, 0.6) is 0 Å². The molecule has 122 valence electrons. The fourth-order valence-electron chi connectivity index (χ4n) is 2.87. The van der Waals surface area contributed by atoms with Crippen LogP contribution in [0.3, 0.4) is 0 Å². The molecule has 0 aliphatic rings. The van der Waals surface area contributed by atoms with Crippen molar-refractivity contribution in [3.05, 3.63) is 11.1 Å². The van der Waals surface area contributed by atoms with E-state index in [2.05, 4.69) is 25.8 Å². The number of nitrogens with zero attached hydrogens (tertiary/aromatic N) is 1. The standard InChI is InChI=1S/C4H2F2NS.3C4H9.Sn/c5-4(6)3-1-7-2-8-3;3*1-3-4-2;/h1,4H;3*1,3-4H2,2H3;. The molecule has 0 fully saturated rings. The van der Waals surface area contributed by atoms with Crippen molar-refractivity contribution in [2.45, 2.75) is 79.0 Å². The molecule has 21 heavy (non-hydrogen) atoms. The maximum atomic E-state index is 12.9. The van der Waals surface area contributed by atoms with Crippen LogP contribution in [0.4, 0.5) is 8.78 Å². The van der Waals surface area contributed by atoms with Gasteiger partial charge in [-0.15, -0.1) is 0 Å². The van der Waals surface area contributed by atoms with Crippen molar-refractivity contribution in [1.29, 1.82) is 0 Å². The number of alkyl halides is 2. The van der Waals surface area contributed by atoms with Gasteiger partial charge in [0.1, 0.15) is 0 Å². The zero-order chi connectivity index (χ0) is 15.7. The second kappa shape index (κ2) is 10.1. The van der Waals surface area contributed by atoms with E-state index in [0.29, 0.717) is 0 Å². The van der Waals surface area contributed by atoms with E-state index in [1.807, 2.05) is 0 Å². The topological polar surface area (TPSA) is 12.9 Å². The van der Waals surface area contributed by atoms with Crippen LogP contribution < -0.4 is 3.02 Å². The van der Waals surface area contributed by atoms with Crippen molar-refractivity contribution in [1.82, 2.24) is 4.98 Å². The third kappa shape index (κ3) is 5.77. The Bertz CT molecular complexity index is 374. The number of thiazole rings is 1. The van der Waals surface area contributed by atoms with E-state index in [0.717, 1.165) is 3.02 Å². The molecular weight excluding hydrogens is 395 g/mol. The second-order valence-electron chi connectivity index (χ2n) is 5.96. The van der Waals surface area contributed by atoms with Gasteiger partial charge in [0.25, 0.3) is 0 Å². The molecule has 0 aliphatic carbocycles. The minimum absolute atomic E-state index is 0.176. The van der Waals surface area contributed by atoms with Gasteiger partial charge in [-0.1, -0.05) is 0 Å². The SMILES string of the molecule is CCC[CH2][Sn]([CH2]CCC)([CH2]CCC)[c]1ncc(C(F)F)s1. The first-order valence-corrected chi connectivity index (χ1v) is 16.6. The Hall–Kier alpha value is 0.289. The summed E-state index contributed by atoms with van der Waals surface area (Å²) in [5.41, 5.74) is 0.